The number of amides is 1. The number of nitrogens with zero attached hydrogens (tertiary/aromatic N) is 3. The summed E-state index contributed by atoms with van der Waals surface area (Å²) in [5.74, 6) is 1.54. The molecule has 0 aromatic carbocycles. The fraction of sp³-hybridized carbons (Fsp3) is 0.562. The molecule has 0 radical (unpaired) electrons. The van der Waals surface area contributed by atoms with Gasteiger partial charge in [0.2, 0.25) is 11.9 Å². The maximum atomic E-state index is 11.8. The van der Waals surface area contributed by atoms with Crippen molar-refractivity contribution in [3.63, 3.8) is 0 Å². The molecule has 0 unspecified atom stereocenters. The van der Waals surface area contributed by atoms with Gasteiger partial charge in [-0.3, -0.25) is 10.1 Å². The highest BCUT2D eigenvalue weighted by Crippen LogP contribution is 2.30. The second kappa shape index (κ2) is 5.59. The zero-order valence-electron chi connectivity index (χ0n) is 12.6. The second-order valence-electron chi connectivity index (χ2n) is 6.36. The van der Waals surface area contributed by atoms with Crippen LogP contribution in [0.3, 0.4) is 0 Å². The number of carbonyl (C=O) groups excluding carboxylic acids is 1. The summed E-state index contributed by atoms with van der Waals surface area (Å²) in [6.45, 7) is 0. The van der Waals surface area contributed by atoms with E-state index in [1.54, 1.807) is 4.52 Å². The van der Waals surface area contributed by atoms with Crippen LogP contribution in [-0.2, 0) is 4.79 Å². The Morgan fingerprint density at radius 2 is 1.95 bits per heavy atom. The summed E-state index contributed by atoms with van der Waals surface area (Å²) >= 11 is 0. The Labute approximate surface area is 129 Å². The van der Waals surface area contributed by atoms with E-state index in [0.717, 1.165) is 24.3 Å². The molecule has 116 valence electrons. The van der Waals surface area contributed by atoms with Gasteiger partial charge < -0.3 is 5.32 Å². The Morgan fingerprint density at radius 3 is 2.73 bits per heavy atom. The number of fused-ring (bicyclic) bond motifs is 1. The van der Waals surface area contributed by atoms with Gasteiger partial charge in [0.15, 0.2) is 5.65 Å². The molecule has 2 aromatic rings. The fourth-order valence-corrected chi connectivity index (χ4v) is 3.08. The highest BCUT2D eigenvalue weighted by molar-refractivity contribution is 5.92. The third-order valence-electron chi connectivity index (χ3n) is 4.50. The van der Waals surface area contributed by atoms with Gasteiger partial charge in [-0.25, -0.2) is 0 Å². The number of carbonyl (C=O) groups is 1. The number of aromatic nitrogens is 3. The van der Waals surface area contributed by atoms with Crippen molar-refractivity contribution in [2.75, 3.05) is 10.6 Å². The lowest BCUT2D eigenvalue weighted by Gasteiger charge is -2.23. The Hall–Kier alpha value is -2.11. The quantitative estimate of drug-likeness (QED) is 0.910. The number of nitrogens with one attached hydrogen (secondary N) is 2. The molecule has 2 fully saturated rings. The first-order valence-electron chi connectivity index (χ1n) is 8.23. The van der Waals surface area contributed by atoms with E-state index in [9.17, 15) is 4.79 Å². The summed E-state index contributed by atoms with van der Waals surface area (Å²) < 4.78 is 1.79. The van der Waals surface area contributed by atoms with Crippen LogP contribution in [-0.4, -0.2) is 26.5 Å². The molecule has 0 spiro atoms. The van der Waals surface area contributed by atoms with Crippen molar-refractivity contribution >= 4 is 23.3 Å². The van der Waals surface area contributed by atoms with Crippen molar-refractivity contribution in [3.8, 4) is 0 Å². The standard InChI is InChI=1S/C16H21N5O/c22-15(11-9-10-11)19-16-18-14-8-4-7-13(21(14)20-16)17-12-5-2-1-3-6-12/h4,7-8,11-12,17H,1-3,5-6,9-10H2,(H,19,20,22). The van der Waals surface area contributed by atoms with Crippen molar-refractivity contribution in [3.05, 3.63) is 18.2 Å². The molecule has 2 aliphatic carbocycles. The lowest BCUT2D eigenvalue weighted by atomic mass is 9.95. The van der Waals surface area contributed by atoms with Crippen LogP contribution < -0.4 is 10.6 Å². The van der Waals surface area contributed by atoms with Crippen LogP contribution in [0.15, 0.2) is 18.2 Å². The Balaban J connectivity index is 1.55. The monoisotopic (exact) mass is 299 g/mol. The number of pyridine rings is 1. The van der Waals surface area contributed by atoms with Gasteiger partial charge in [-0.1, -0.05) is 25.3 Å². The summed E-state index contributed by atoms with van der Waals surface area (Å²) in [5.41, 5.74) is 0.756. The maximum Gasteiger partial charge on any atom is 0.249 e. The van der Waals surface area contributed by atoms with Crippen LogP contribution in [0.25, 0.3) is 5.65 Å². The third kappa shape index (κ3) is 2.77. The molecule has 0 aliphatic heterocycles. The normalized spacial score (nSPS) is 19.3. The van der Waals surface area contributed by atoms with E-state index in [4.69, 9.17) is 0 Å². The number of anilines is 2. The molecule has 2 saturated carbocycles. The summed E-state index contributed by atoms with van der Waals surface area (Å²) in [7, 11) is 0. The lowest BCUT2D eigenvalue weighted by Crippen LogP contribution is -2.23. The number of hydrogen-bond acceptors (Lipinski definition) is 4. The van der Waals surface area contributed by atoms with Gasteiger partial charge in [0.25, 0.3) is 0 Å². The largest absolute Gasteiger partial charge is 0.367 e. The number of rotatable bonds is 4. The third-order valence-corrected chi connectivity index (χ3v) is 4.50. The van der Waals surface area contributed by atoms with Gasteiger partial charge >= 0.3 is 0 Å². The summed E-state index contributed by atoms with van der Waals surface area (Å²) in [4.78, 5) is 16.2. The van der Waals surface area contributed by atoms with Gasteiger partial charge in [0.1, 0.15) is 5.82 Å². The van der Waals surface area contributed by atoms with Crippen molar-refractivity contribution in [1.82, 2.24) is 14.6 Å². The van der Waals surface area contributed by atoms with E-state index in [1.165, 1.54) is 32.1 Å². The molecular weight excluding hydrogens is 278 g/mol. The summed E-state index contributed by atoms with van der Waals surface area (Å²) in [6.07, 6.45) is 8.28. The van der Waals surface area contributed by atoms with E-state index in [-0.39, 0.29) is 11.8 Å². The average Bonchev–Trinajstić information content (AvgIpc) is 3.30. The molecule has 2 heterocycles. The molecule has 2 aromatic heterocycles. The summed E-state index contributed by atoms with van der Waals surface area (Å²) in [6, 6.07) is 6.41. The SMILES string of the molecule is O=C(Nc1nc2cccc(NC3CCCCC3)n2n1)C1CC1. The maximum absolute atomic E-state index is 11.8. The molecule has 22 heavy (non-hydrogen) atoms. The van der Waals surface area contributed by atoms with E-state index >= 15 is 0 Å². The van der Waals surface area contributed by atoms with Crippen molar-refractivity contribution in [1.29, 1.82) is 0 Å². The molecule has 4 rings (SSSR count). The Morgan fingerprint density at radius 1 is 1.14 bits per heavy atom. The highest BCUT2D eigenvalue weighted by atomic mass is 16.2. The molecule has 6 nitrogen and oxygen atoms in total. The minimum atomic E-state index is 0.0395. The van der Waals surface area contributed by atoms with Crippen LogP contribution in [0.1, 0.15) is 44.9 Å². The van der Waals surface area contributed by atoms with Crippen LogP contribution in [0.4, 0.5) is 11.8 Å². The second-order valence-corrected chi connectivity index (χ2v) is 6.36. The molecule has 6 heteroatoms. The highest BCUT2D eigenvalue weighted by Gasteiger charge is 2.30. The predicted octanol–water partition coefficient (Wildman–Crippen LogP) is 2.82. The van der Waals surface area contributed by atoms with E-state index in [2.05, 4.69) is 20.7 Å². The first-order chi connectivity index (χ1) is 10.8. The van der Waals surface area contributed by atoms with Crippen molar-refractivity contribution in [2.45, 2.75) is 51.0 Å². The smallest absolute Gasteiger partial charge is 0.249 e. The van der Waals surface area contributed by atoms with E-state index in [1.807, 2.05) is 18.2 Å². The van der Waals surface area contributed by atoms with E-state index < -0.39 is 0 Å². The van der Waals surface area contributed by atoms with Crippen LogP contribution >= 0.6 is 0 Å². The molecule has 1 amide bonds. The van der Waals surface area contributed by atoms with Crippen LogP contribution in [0.2, 0.25) is 0 Å². The molecule has 2 N–H and O–H groups in total. The molecule has 2 aliphatic rings. The average molecular weight is 299 g/mol. The lowest BCUT2D eigenvalue weighted by molar-refractivity contribution is -0.117. The van der Waals surface area contributed by atoms with Crippen LogP contribution in [0.5, 0.6) is 0 Å². The fourth-order valence-electron chi connectivity index (χ4n) is 3.08. The van der Waals surface area contributed by atoms with Crippen molar-refractivity contribution in [2.24, 2.45) is 5.92 Å². The Kier molecular flexibility index (Phi) is 3.44. The molecule has 0 atom stereocenters. The molecular formula is C16H21N5O. The van der Waals surface area contributed by atoms with Gasteiger partial charge in [-0.2, -0.15) is 9.50 Å². The zero-order chi connectivity index (χ0) is 14.9. The van der Waals surface area contributed by atoms with Gasteiger partial charge in [0.05, 0.1) is 0 Å². The first kappa shape index (κ1) is 13.5. The minimum absolute atomic E-state index is 0.0395. The summed E-state index contributed by atoms with van der Waals surface area (Å²) in [5, 5.41) is 10.8. The zero-order valence-corrected chi connectivity index (χ0v) is 12.6. The van der Waals surface area contributed by atoms with Crippen molar-refractivity contribution < 1.29 is 4.79 Å². The molecule has 0 bridgehead atoms. The van der Waals surface area contributed by atoms with E-state index in [0.29, 0.717) is 12.0 Å². The van der Waals surface area contributed by atoms with Gasteiger partial charge in [-0.15, -0.1) is 5.10 Å². The minimum Gasteiger partial charge on any atom is -0.367 e. The Bertz CT molecular complexity index is 685. The van der Waals surface area contributed by atoms with Gasteiger partial charge in [-0.05, 0) is 37.8 Å². The topological polar surface area (TPSA) is 71.3 Å². The van der Waals surface area contributed by atoms with Gasteiger partial charge in [0, 0.05) is 12.0 Å². The molecule has 0 saturated heterocycles. The first-order valence-corrected chi connectivity index (χ1v) is 8.23. The van der Waals surface area contributed by atoms with Crippen LogP contribution in [0, 0.1) is 5.92 Å². The predicted molar refractivity (Wildman–Crippen MR) is 84.8 cm³/mol. The number of hydrogen-bond donors (Lipinski definition) is 2.